The number of rotatable bonds is 3. The third kappa shape index (κ3) is 3.52. The molecule has 1 unspecified atom stereocenters. The number of pyridine rings is 1. The van der Waals surface area contributed by atoms with Crippen LogP contribution < -0.4 is 4.90 Å². The summed E-state index contributed by atoms with van der Waals surface area (Å²) in [4.78, 5) is 15.1. The van der Waals surface area contributed by atoms with Gasteiger partial charge in [-0.25, -0.2) is 14.4 Å². The van der Waals surface area contributed by atoms with Gasteiger partial charge in [0.15, 0.2) is 5.82 Å². The molecule has 7 heteroatoms. The lowest BCUT2D eigenvalue weighted by Crippen LogP contribution is -2.22. The largest absolute Gasteiger partial charge is 0.391 e. The number of hydrogen-bond donors (Lipinski definition) is 1. The third-order valence-electron chi connectivity index (χ3n) is 4.30. The van der Waals surface area contributed by atoms with Crippen LogP contribution in [0, 0.1) is 5.82 Å². The molecule has 0 bridgehead atoms. The van der Waals surface area contributed by atoms with Crippen molar-refractivity contribution in [3.63, 3.8) is 0 Å². The molecule has 1 atom stereocenters. The highest BCUT2D eigenvalue weighted by molar-refractivity contribution is 6.30. The van der Waals surface area contributed by atoms with Gasteiger partial charge in [-0.3, -0.25) is 4.98 Å². The Bertz CT molecular complexity index is 935. The van der Waals surface area contributed by atoms with Crippen LogP contribution in [-0.2, 0) is 0 Å². The topological polar surface area (TPSA) is 62.1 Å². The lowest BCUT2D eigenvalue weighted by Gasteiger charge is -2.18. The van der Waals surface area contributed by atoms with Crippen molar-refractivity contribution in [2.24, 2.45) is 0 Å². The minimum atomic E-state index is -0.443. The van der Waals surface area contributed by atoms with E-state index in [1.807, 2.05) is 23.1 Å². The molecule has 2 aromatic heterocycles. The summed E-state index contributed by atoms with van der Waals surface area (Å²) in [6.45, 7) is 1.22. The van der Waals surface area contributed by atoms with Gasteiger partial charge in [0.05, 0.1) is 18.0 Å². The smallest absolute Gasteiger partial charge is 0.163 e. The SMILES string of the molecule is OC1CCN(c2cc(-c3ccc(Cl)cc3)nc(-c3cncc(F)c3)n2)C1. The highest BCUT2D eigenvalue weighted by Gasteiger charge is 2.23. The van der Waals surface area contributed by atoms with Crippen LogP contribution in [0.25, 0.3) is 22.6 Å². The van der Waals surface area contributed by atoms with Crippen LogP contribution in [0.4, 0.5) is 10.2 Å². The van der Waals surface area contributed by atoms with Crippen molar-refractivity contribution in [2.45, 2.75) is 12.5 Å². The Morgan fingerprint density at radius 2 is 1.88 bits per heavy atom. The summed E-state index contributed by atoms with van der Waals surface area (Å²) < 4.78 is 13.6. The van der Waals surface area contributed by atoms with Gasteiger partial charge in [0.1, 0.15) is 11.6 Å². The van der Waals surface area contributed by atoms with E-state index in [0.29, 0.717) is 47.4 Å². The second-order valence-corrected chi connectivity index (χ2v) is 6.66. The van der Waals surface area contributed by atoms with Gasteiger partial charge in [0.2, 0.25) is 0 Å². The van der Waals surface area contributed by atoms with Gasteiger partial charge in [-0.1, -0.05) is 23.7 Å². The van der Waals surface area contributed by atoms with Crippen LogP contribution in [0.15, 0.2) is 48.8 Å². The second kappa shape index (κ2) is 6.97. The molecule has 0 amide bonds. The monoisotopic (exact) mass is 370 g/mol. The van der Waals surface area contributed by atoms with Crippen LogP contribution in [0.3, 0.4) is 0 Å². The van der Waals surface area contributed by atoms with E-state index >= 15 is 0 Å². The summed E-state index contributed by atoms with van der Waals surface area (Å²) in [7, 11) is 0. The van der Waals surface area contributed by atoms with Crippen LogP contribution in [0.5, 0.6) is 0 Å². The van der Waals surface area contributed by atoms with E-state index in [0.717, 1.165) is 11.8 Å². The standard InChI is InChI=1S/C19H16ClFN4O/c20-14-3-1-12(2-4-14)17-8-18(25-6-5-16(26)11-25)24-19(23-17)13-7-15(21)10-22-9-13/h1-4,7-10,16,26H,5-6,11H2. The van der Waals surface area contributed by atoms with Gasteiger partial charge in [-0.15, -0.1) is 0 Å². The van der Waals surface area contributed by atoms with Crippen molar-refractivity contribution in [3.05, 3.63) is 59.6 Å². The van der Waals surface area contributed by atoms with Gasteiger partial charge in [0, 0.05) is 41.5 Å². The maximum absolute atomic E-state index is 13.6. The first-order valence-electron chi connectivity index (χ1n) is 8.27. The van der Waals surface area contributed by atoms with E-state index in [-0.39, 0.29) is 6.10 Å². The van der Waals surface area contributed by atoms with Gasteiger partial charge >= 0.3 is 0 Å². The molecule has 3 aromatic rings. The molecule has 1 aliphatic rings. The number of aliphatic hydroxyl groups excluding tert-OH is 1. The molecule has 5 nitrogen and oxygen atoms in total. The molecular weight excluding hydrogens is 355 g/mol. The van der Waals surface area contributed by atoms with Crippen LogP contribution in [-0.4, -0.2) is 39.3 Å². The maximum atomic E-state index is 13.6. The number of nitrogens with zero attached hydrogens (tertiary/aromatic N) is 4. The van der Waals surface area contributed by atoms with E-state index in [1.165, 1.54) is 12.3 Å². The van der Waals surface area contributed by atoms with Crippen LogP contribution in [0.2, 0.25) is 5.02 Å². The normalized spacial score (nSPS) is 16.9. The molecule has 4 rings (SSSR count). The first kappa shape index (κ1) is 16.9. The van der Waals surface area contributed by atoms with E-state index in [9.17, 15) is 9.50 Å². The second-order valence-electron chi connectivity index (χ2n) is 6.22. The number of anilines is 1. The molecule has 0 saturated carbocycles. The summed E-state index contributed by atoms with van der Waals surface area (Å²) in [5.41, 5.74) is 2.08. The van der Waals surface area contributed by atoms with Crippen molar-refractivity contribution >= 4 is 17.4 Å². The zero-order chi connectivity index (χ0) is 18.1. The minimum Gasteiger partial charge on any atom is -0.391 e. The molecule has 1 saturated heterocycles. The number of aromatic nitrogens is 3. The summed E-state index contributed by atoms with van der Waals surface area (Å²) in [6, 6.07) is 10.6. The Hall–Kier alpha value is -2.57. The number of halogens is 2. The molecule has 0 aliphatic carbocycles. The van der Waals surface area contributed by atoms with Gasteiger partial charge in [-0.2, -0.15) is 0 Å². The van der Waals surface area contributed by atoms with E-state index in [2.05, 4.69) is 15.0 Å². The molecule has 1 aromatic carbocycles. The summed E-state index contributed by atoms with van der Waals surface area (Å²) in [5, 5.41) is 10.5. The number of benzene rings is 1. The highest BCUT2D eigenvalue weighted by Crippen LogP contribution is 2.28. The third-order valence-corrected chi connectivity index (χ3v) is 4.56. The predicted octanol–water partition coefficient (Wildman–Crippen LogP) is 3.57. The van der Waals surface area contributed by atoms with Crippen molar-refractivity contribution in [3.8, 4) is 22.6 Å². The van der Waals surface area contributed by atoms with Crippen molar-refractivity contribution in [1.82, 2.24) is 15.0 Å². The fourth-order valence-corrected chi connectivity index (χ4v) is 3.10. The van der Waals surface area contributed by atoms with Gasteiger partial charge in [0.25, 0.3) is 0 Å². The first-order chi connectivity index (χ1) is 12.6. The van der Waals surface area contributed by atoms with Gasteiger partial charge in [-0.05, 0) is 24.6 Å². The Labute approximate surface area is 155 Å². The molecular formula is C19H16ClFN4O. The Balaban J connectivity index is 1.82. The Morgan fingerprint density at radius 3 is 2.58 bits per heavy atom. The maximum Gasteiger partial charge on any atom is 0.163 e. The van der Waals surface area contributed by atoms with E-state index in [4.69, 9.17) is 11.6 Å². The number of hydrogen-bond acceptors (Lipinski definition) is 5. The fourth-order valence-electron chi connectivity index (χ4n) is 2.98. The van der Waals surface area contributed by atoms with Crippen LogP contribution in [0.1, 0.15) is 6.42 Å². The average molecular weight is 371 g/mol. The zero-order valence-electron chi connectivity index (χ0n) is 13.8. The fraction of sp³-hybridized carbons (Fsp3) is 0.211. The van der Waals surface area contributed by atoms with Crippen molar-refractivity contribution < 1.29 is 9.50 Å². The molecule has 26 heavy (non-hydrogen) atoms. The summed E-state index contributed by atoms with van der Waals surface area (Å²) in [6.07, 6.45) is 3.00. The molecule has 0 spiro atoms. The minimum absolute atomic E-state index is 0.372. The lowest BCUT2D eigenvalue weighted by molar-refractivity contribution is 0.198. The Morgan fingerprint density at radius 1 is 1.08 bits per heavy atom. The molecule has 1 fully saturated rings. The van der Waals surface area contributed by atoms with Crippen molar-refractivity contribution in [2.75, 3.05) is 18.0 Å². The van der Waals surface area contributed by atoms with Crippen molar-refractivity contribution in [1.29, 1.82) is 0 Å². The average Bonchev–Trinajstić information content (AvgIpc) is 3.08. The quantitative estimate of drug-likeness (QED) is 0.763. The summed E-state index contributed by atoms with van der Waals surface area (Å²) >= 11 is 5.98. The predicted molar refractivity (Wildman–Crippen MR) is 98.5 cm³/mol. The number of β-amino-alcohol motifs (C(OH)–C–C–N with tert-alkyl or cyclic N) is 1. The lowest BCUT2D eigenvalue weighted by atomic mass is 10.1. The highest BCUT2D eigenvalue weighted by atomic mass is 35.5. The molecule has 1 aliphatic heterocycles. The van der Waals surface area contributed by atoms with E-state index < -0.39 is 5.82 Å². The van der Waals surface area contributed by atoms with Crippen LogP contribution >= 0.6 is 11.6 Å². The molecule has 3 heterocycles. The van der Waals surface area contributed by atoms with Gasteiger partial charge < -0.3 is 10.0 Å². The Kier molecular flexibility index (Phi) is 4.53. The molecule has 1 N–H and O–H groups in total. The zero-order valence-corrected chi connectivity index (χ0v) is 14.6. The number of aliphatic hydroxyl groups is 1. The van der Waals surface area contributed by atoms with E-state index in [1.54, 1.807) is 12.1 Å². The molecule has 132 valence electrons. The summed E-state index contributed by atoms with van der Waals surface area (Å²) in [5.74, 6) is 0.641. The first-order valence-corrected chi connectivity index (χ1v) is 8.65. The molecule has 0 radical (unpaired) electrons.